The van der Waals surface area contributed by atoms with Crippen LogP contribution >= 0.6 is 0 Å². The predicted molar refractivity (Wildman–Crippen MR) is 107 cm³/mol. The predicted octanol–water partition coefficient (Wildman–Crippen LogP) is 4.23. The van der Waals surface area contributed by atoms with Crippen molar-refractivity contribution >= 4 is 17.9 Å². The molecule has 0 spiro atoms. The van der Waals surface area contributed by atoms with Crippen molar-refractivity contribution in [3.63, 3.8) is 0 Å². The summed E-state index contributed by atoms with van der Waals surface area (Å²) < 4.78 is 21.8. The Morgan fingerprint density at radius 3 is 2.57 bits per heavy atom. The second-order valence-electron chi connectivity index (χ2n) is 6.15. The molecule has 2 aromatic carbocycles. The molecule has 6 nitrogen and oxygen atoms in total. The van der Waals surface area contributed by atoms with Crippen LogP contribution in [0, 0.1) is 0 Å². The maximum Gasteiger partial charge on any atom is 0.363 e. The minimum Gasteiger partial charge on any atom is -0.496 e. The maximum atomic E-state index is 12.3. The highest BCUT2D eigenvalue weighted by atomic mass is 16.6. The van der Waals surface area contributed by atoms with Gasteiger partial charge in [-0.1, -0.05) is 31.5 Å². The molecule has 1 aliphatic heterocycles. The molecule has 3 rings (SSSR count). The molecule has 0 aromatic heterocycles. The molecule has 2 aromatic rings. The van der Waals surface area contributed by atoms with Gasteiger partial charge >= 0.3 is 5.97 Å². The summed E-state index contributed by atoms with van der Waals surface area (Å²) >= 11 is 0. The first-order valence-corrected chi connectivity index (χ1v) is 9.13. The third-order valence-electron chi connectivity index (χ3n) is 4.20. The second kappa shape index (κ2) is 9.08. The van der Waals surface area contributed by atoms with E-state index in [2.05, 4.69) is 11.9 Å². The van der Waals surface area contributed by atoms with Crippen LogP contribution in [0.25, 0.3) is 6.08 Å². The number of aliphatic imine (C=N–C) groups is 1. The molecule has 0 saturated heterocycles. The number of hydrogen-bond acceptors (Lipinski definition) is 6. The summed E-state index contributed by atoms with van der Waals surface area (Å²) in [5, 5.41) is 0. The number of esters is 1. The Balaban J connectivity index is 1.86. The quantitative estimate of drug-likeness (QED) is 0.389. The van der Waals surface area contributed by atoms with E-state index in [1.165, 1.54) is 0 Å². The van der Waals surface area contributed by atoms with E-state index in [1.54, 1.807) is 38.5 Å². The lowest BCUT2D eigenvalue weighted by atomic mass is 10.1. The van der Waals surface area contributed by atoms with Gasteiger partial charge in [-0.05, 0) is 42.3 Å². The van der Waals surface area contributed by atoms with Gasteiger partial charge in [-0.3, -0.25) is 0 Å². The smallest absolute Gasteiger partial charge is 0.363 e. The van der Waals surface area contributed by atoms with Crippen LogP contribution in [0.4, 0.5) is 0 Å². The summed E-state index contributed by atoms with van der Waals surface area (Å²) in [5.74, 6) is 1.57. The number of nitrogens with zero attached hydrogens (tertiary/aromatic N) is 1. The Morgan fingerprint density at radius 1 is 1.04 bits per heavy atom. The average molecular weight is 381 g/mol. The highest BCUT2D eigenvalue weighted by Gasteiger charge is 2.26. The number of cyclic esters (lactones) is 1. The van der Waals surface area contributed by atoms with Crippen molar-refractivity contribution in [3.8, 4) is 17.2 Å². The lowest BCUT2D eigenvalue weighted by molar-refractivity contribution is -0.129. The molecule has 0 N–H and O–H groups in total. The number of para-hydroxylation sites is 1. The molecule has 0 aliphatic carbocycles. The van der Waals surface area contributed by atoms with Gasteiger partial charge < -0.3 is 18.9 Å². The standard InChI is InChI=1S/C22H23NO5/c1-4-5-12-27-19-11-10-15(14-20(19)26-3)13-17-22(24)28-21(23-17)16-8-6-7-9-18(16)25-2/h6-11,13-14H,4-5,12H2,1-3H3/b17-13-. The van der Waals surface area contributed by atoms with E-state index in [0.29, 0.717) is 29.4 Å². The third kappa shape index (κ3) is 4.34. The summed E-state index contributed by atoms with van der Waals surface area (Å²) in [6.07, 6.45) is 3.69. The molecule has 1 aliphatic rings. The van der Waals surface area contributed by atoms with Crippen LogP contribution in [-0.2, 0) is 9.53 Å². The fourth-order valence-electron chi connectivity index (χ4n) is 2.72. The molecule has 0 radical (unpaired) electrons. The minimum absolute atomic E-state index is 0.211. The summed E-state index contributed by atoms with van der Waals surface area (Å²) in [7, 11) is 3.14. The van der Waals surface area contributed by atoms with Gasteiger partial charge in [-0.2, -0.15) is 0 Å². The first-order chi connectivity index (χ1) is 13.7. The number of ether oxygens (including phenoxy) is 4. The van der Waals surface area contributed by atoms with Crippen LogP contribution in [0.2, 0.25) is 0 Å². The Labute approximate surface area is 164 Å². The summed E-state index contributed by atoms with van der Waals surface area (Å²) in [6, 6.07) is 12.7. The normalized spacial score (nSPS) is 14.6. The van der Waals surface area contributed by atoms with Crippen molar-refractivity contribution in [3.05, 3.63) is 59.3 Å². The number of unbranched alkanes of at least 4 members (excludes halogenated alkanes) is 1. The maximum absolute atomic E-state index is 12.3. The second-order valence-corrected chi connectivity index (χ2v) is 6.15. The Hall–Kier alpha value is -3.28. The molecule has 6 heteroatoms. The molecule has 28 heavy (non-hydrogen) atoms. The first kappa shape index (κ1) is 19.5. The van der Waals surface area contributed by atoms with E-state index < -0.39 is 5.97 Å². The number of methoxy groups -OCH3 is 2. The van der Waals surface area contributed by atoms with Gasteiger partial charge in [0.1, 0.15) is 5.75 Å². The molecular weight excluding hydrogens is 358 g/mol. The Bertz CT molecular complexity index is 917. The van der Waals surface area contributed by atoms with Crippen molar-refractivity contribution in [1.82, 2.24) is 0 Å². The zero-order valence-corrected chi connectivity index (χ0v) is 16.2. The molecule has 0 saturated carbocycles. The molecule has 0 fully saturated rings. The van der Waals surface area contributed by atoms with E-state index in [-0.39, 0.29) is 11.6 Å². The van der Waals surface area contributed by atoms with Gasteiger partial charge in [0, 0.05) is 0 Å². The van der Waals surface area contributed by atoms with Crippen molar-refractivity contribution in [2.24, 2.45) is 4.99 Å². The van der Waals surface area contributed by atoms with E-state index in [0.717, 1.165) is 18.4 Å². The topological polar surface area (TPSA) is 66.3 Å². The van der Waals surface area contributed by atoms with Crippen LogP contribution in [0.3, 0.4) is 0 Å². The van der Waals surface area contributed by atoms with Gasteiger partial charge in [0.25, 0.3) is 0 Å². The minimum atomic E-state index is -0.511. The molecule has 0 unspecified atom stereocenters. The Morgan fingerprint density at radius 2 is 1.82 bits per heavy atom. The number of carbonyl (C=O) groups is 1. The average Bonchev–Trinajstić information content (AvgIpc) is 3.09. The van der Waals surface area contributed by atoms with Crippen molar-refractivity contribution in [1.29, 1.82) is 0 Å². The van der Waals surface area contributed by atoms with Crippen LogP contribution in [0.1, 0.15) is 30.9 Å². The fraction of sp³-hybridized carbons (Fsp3) is 0.273. The number of benzene rings is 2. The van der Waals surface area contributed by atoms with Crippen LogP contribution < -0.4 is 14.2 Å². The largest absolute Gasteiger partial charge is 0.496 e. The lowest BCUT2D eigenvalue weighted by Crippen LogP contribution is -2.06. The highest BCUT2D eigenvalue weighted by Crippen LogP contribution is 2.30. The highest BCUT2D eigenvalue weighted by molar-refractivity contribution is 6.13. The van der Waals surface area contributed by atoms with Crippen LogP contribution in [0.5, 0.6) is 17.2 Å². The van der Waals surface area contributed by atoms with E-state index in [9.17, 15) is 4.79 Å². The molecule has 0 amide bonds. The molecule has 0 atom stereocenters. The lowest BCUT2D eigenvalue weighted by Gasteiger charge is -2.10. The van der Waals surface area contributed by atoms with Gasteiger partial charge in [-0.15, -0.1) is 0 Å². The third-order valence-corrected chi connectivity index (χ3v) is 4.20. The number of rotatable bonds is 8. The first-order valence-electron chi connectivity index (χ1n) is 9.13. The summed E-state index contributed by atoms with van der Waals surface area (Å²) in [6.45, 7) is 2.74. The van der Waals surface area contributed by atoms with E-state index in [4.69, 9.17) is 18.9 Å². The molecular formula is C22H23NO5. The van der Waals surface area contributed by atoms with Gasteiger partial charge in [0.05, 0.1) is 26.4 Å². The zero-order chi connectivity index (χ0) is 19.9. The van der Waals surface area contributed by atoms with Crippen molar-refractivity contribution in [2.45, 2.75) is 19.8 Å². The molecule has 146 valence electrons. The molecule has 0 bridgehead atoms. The summed E-state index contributed by atoms with van der Waals surface area (Å²) in [5.41, 5.74) is 1.60. The van der Waals surface area contributed by atoms with Crippen LogP contribution in [0.15, 0.2) is 53.2 Å². The van der Waals surface area contributed by atoms with E-state index in [1.807, 2.05) is 24.3 Å². The van der Waals surface area contributed by atoms with Crippen molar-refractivity contribution < 1.29 is 23.7 Å². The summed E-state index contributed by atoms with van der Waals surface area (Å²) in [4.78, 5) is 16.6. The van der Waals surface area contributed by atoms with E-state index >= 15 is 0 Å². The van der Waals surface area contributed by atoms with Gasteiger partial charge in [-0.25, -0.2) is 9.79 Å². The number of carbonyl (C=O) groups excluding carboxylic acids is 1. The van der Waals surface area contributed by atoms with Crippen LogP contribution in [-0.4, -0.2) is 32.7 Å². The molecule has 1 heterocycles. The van der Waals surface area contributed by atoms with Gasteiger partial charge in [0.15, 0.2) is 17.2 Å². The van der Waals surface area contributed by atoms with Gasteiger partial charge in [0.2, 0.25) is 5.90 Å². The zero-order valence-electron chi connectivity index (χ0n) is 16.2. The monoisotopic (exact) mass is 381 g/mol. The van der Waals surface area contributed by atoms with Crippen molar-refractivity contribution in [2.75, 3.05) is 20.8 Å². The fourth-order valence-corrected chi connectivity index (χ4v) is 2.72. The Kier molecular flexibility index (Phi) is 6.32. The number of hydrogen-bond donors (Lipinski definition) is 0. The SMILES string of the molecule is CCCCOc1ccc(/C=C2\N=C(c3ccccc3OC)OC2=O)cc1OC.